The number of furan rings is 2. The van der Waals surface area contributed by atoms with Crippen LogP contribution in [0.4, 0.5) is 68.2 Å². The summed E-state index contributed by atoms with van der Waals surface area (Å²) in [5, 5.41) is 4.27. The van der Waals surface area contributed by atoms with Gasteiger partial charge in [0.1, 0.15) is 22.3 Å². The lowest BCUT2D eigenvalue weighted by Crippen LogP contribution is -2.61. The standard InChI is InChI=1S/C66H43BN4O2/c1-7-20-44(21-8-1)68(45-22-9-2-10-23-45)50-34-36-52-54-40-60-56(42-64(54)72-62(52)38-50)67-57-43-65-55(53-37-35-51(39-63(53)73-65)69(46-24-11-3-12-25-46)47-26-13-4-14-27-47)41-61(57)71(49-30-17-6-18-31-49)59-33-19-32-58(66(59)67)70(60)48-28-15-5-16-29-48/h1-43H. The van der Waals surface area contributed by atoms with Crippen LogP contribution in [-0.4, -0.2) is 6.71 Å². The fraction of sp³-hybridized carbons (Fsp3) is 0. The molecule has 0 saturated carbocycles. The molecule has 0 spiro atoms. The Morgan fingerprint density at radius 2 is 0.616 bits per heavy atom. The highest BCUT2D eigenvalue weighted by atomic mass is 16.3. The van der Waals surface area contributed by atoms with Gasteiger partial charge in [0.25, 0.3) is 6.71 Å². The van der Waals surface area contributed by atoms with Gasteiger partial charge in [0.2, 0.25) is 0 Å². The molecule has 4 heterocycles. The molecular formula is C66H43BN4O2. The molecule has 11 aromatic carbocycles. The molecule has 6 nitrogen and oxygen atoms in total. The number of benzene rings is 11. The summed E-state index contributed by atoms with van der Waals surface area (Å²) in [5.41, 5.74) is 19.9. The lowest BCUT2D eigenvalue weighted by molar-refractivity contribution is 0.669. The van der Waals surface area contributed by atoms with Gasteiger partial charge < -0.3 is 28.4 Å². The van der Waals surface area contributed by atoms with E-state index in [-0.39, 0.29) is 6.71 Å². The van der Waals surface area contributed by atoms with Crippen molar-refractivity contribution in [2.45, 2.75) is 0 Å². The third kappa shape index (κ3) is 6.52. The Bertz CT molecular complexity index is 3870. The van der Waals surface area contributed by atoms with Crippen LogP contribution in [0.25, 0.3) is 43.9 Å². The SMILES string of the molecule is c1ccc(N(c2ccccc2)c2ccc3c(c2)oc2cc4c(cc23)N(c2ccccc2)c2cccc3c2B4c2cc4oc5cc(N(c6ccccc6)c6ccccc6)ccc5c4cc2N3c2ccccc2)cc1. The van der Waals surface area contributed by atoms with E-state index in [4.69, 9.17) is 8.83 Å². The molecule has 0 radical (unpaired) electrons. The van der Waals surface area contributed by atoms with Crippen molar-refractivity contribution in [1.82, 2.24) is 0 Å². The molecule has 7 heteroatoms. The van der Waals surface area contributed by atoms with E-state index < -0.39 is 0 Å². The van der Waals surface area contributed by atoms with Crippen molar-refractivity contribution in [2.75, 3.05) is 19.6 Å². The van der Waals surface area contributed by atoms with Gasteiger partial charge in [-0.2, -0.15) is 0 Å². The first kappa shape index (κ1) is 41.1. The Hall–Kier alpha value is -9.72. The normalized spacial score (nSPS) is 12.6. The third-order valence-corrected chi connectivity index (χ3v) is 14.7. The van der Waals surface area contributed by atoms with Crippen LogP contribution in [0, 0.1) is 0 Å². The molecule has 0 atom stereocenters. The molecule has 2 aliphatic heterocycles. The number of hydrogen-bond acceptors (Lipinski definition) is 6. The quantitative estimate of drug-likeness (QED) is 0.141. The first-order chi connectivity index (χ1) is 36.2. The van der Waals surface area contributed by atoms with E-state index in [1.165, 1.54) is 16.4 Å². The zero-order chi connectivity index (χ0) is 48.0. The van der Waals surface area contributed by atoms with Crippen molar-refractivity contribution < 1.29 is 8.83 Å². The van der Waals surface area contributed by atoms with Crippen molar-refractivity contribution in [3.63, 3.8) is 0 Å². The first-order valence-corrected chi connectivity index (χ1v) is 24.9. The van der Waals surface area contributed by atoms with E-state index in [1.54, 1.807) is 0 Å². The predicted molar refractivity (Wildman–Crippen MR) is 304 cm³/mol. The minimum atomic E-state index is -0.157. The van der Waals surface area contributed by atoms with E-state index in [0.29, 0.717) is 0 Å². The second kappa shape index (κ2) is 16.4. The maximum atomic E-state index is 7.06. The summed E-state index contributed by atoms with van der Waals surface area (Å²) in [5.74, 6) is 0. The average Bonchev–Trinajstić information content (AvgIpc) is 4.00. The number of para-hydroxylation sites is 6. The smallest absolute Gasteiger partial charge is 0.252 e. The molecule has 0 amide bonds. The molecule has 0 aliphatic carbocycles. The zero-order valence-corrected chi connectivity index (χ0v) is 39.5. The molecule has 0 saturated heterocycles. The van der Waals surface area contributed by atoms with E-state index in [9.17, 15) is 0 Å². The fourth-order valence-corrected chi connectivity index (χ4v) is 11.6. The largest absolute Gasteiger partial charge is 0.456 e. The van der Waals surface area contributed by atoms with Crippen molar-refractivity contribution in [1.29, 1.82) is 0 Å². The van der Waals surface area contributed by atoms with Crippen LogP contribution in [0.15, 0.2) is 270 Å². The Morgan fingerprint density at radius 3 is 0.986 bits per heavy atom. The van der Waals surface area contributed by atoms with Gasteiger partial charge in [0, 0.05) is 102 Å². The third-order valence-electron chi connectivity index (χ3n) is 14.7. The van der Waals surface area contributed by atoms with Gasteiger partial charge in [-0.25, -0.2) is 0 Å². The summed E-state index contributed by atoms with van der Waals surface area (Å²) < 4.78 is 14.1. The van der Waals surface area contributed by atoms with Gasteiger partial charge >= 0.3 is 0 Å². The molecule has 2 aromatic heterocycles. The molecule has 0 N–H and O–H groups in total. The zero-order valence-electron chi connectivity index (χ0n) is 39.5. The molecule has 0 fully saturated rings. The monoisotopic (exact) mass is 934 g/mol. The molecule has 342 valence electrons. The predicted octanol–water partition coefficient (Wildman–Crippen LogP) is 16.5. The first-order valence-electron chi connectivity index (χ1n) is 24.9. The van der Waals surface area contributed by atoms with Gasteiger partial charge in [-0.15, -0.1) is 0 Å². The lowest BCUT2D eigenvalue weighted by atomic mass is 9.33. The number of anilines is 12. The van der Waals surface area contributed by atoms with E-state index in [1.807, 2.05) is 0 Å². The minimum Gasteiger partial charge on any atom is -0.456 e. The summed E-state index contributed by atoms with van der Waals surface area (Å²) in [6, 6.07) is 93.0. The van der Waals surface area contributed by atoms with Crippen molar-refractivity contribution >= 4 is 135 Å². The highest BCUT2D eigenvalue weighted by molar-refractivity contribution is 7.00. The number of rotatable bonds is 8. The summed E-state index contributed by atoms with van der Waals surface area (Å²) >= 11 is 0. The summed E-state index contributed by atoms with van der Waals surface area (Å²) in [6.07, 6.45) is 0. The van der Waals surface area contributed by atoms with Gasteiger partial charge in [-0.3, -0.25) is 0 Å². The summed E-state index contributed by atoms with van der Waals surface area (Å²) in [7, 11) is 0. The van der Waals surface area contributed by atoms with Crippen LogP contribution in [0.5, 0.6) is 0 Å². The maximum Gasteiger partial charge on any atom is 0.252 e. The Kier molecular flexibility index (Phi) is 9.26. The van der Waals surface area contributed by atoms with E-state index >= 15 is 0 Å². The van der Waals surface area contributed by atoms with Crippen molar-refractivity contribution in [2.24, 2.45) is 0 Å². The van der Waals surface area contributed by atoms with Crippen molar-refractivity contribution in [3.05, 3.63) is 261 Å². The van der Waals surface area contributed by atoms with Crippen LogP contribution in [-0.2, 0) is 0 Å². The molecule has 13 aromatic rings. The molecular weight excluding hydrogens is 892 g/mol. The Labute approximate surface area is 422 Å². The molecule has 0 unspecified atom stereocenters. The fourth-order valence-electron chi connectivity index (χ4n) is 11.6. The minimum absolute atomic E-state index is 0.157. The highest BCUT2D eigenvalue weighted by Gasteiger charge is 2.44. The number of fused-ring (bicyclic) bond motifs is 10. The molecule has 2 aliphatic rings. The molecule has 73 heavy (non-hydrogen) atoms. The van der Waals surface area contributed by atoms with Gasteiger partial charge in [-0.05, 0) is 150 Å². The maximum absolute atomic E-state index is 7.06. The molecule has 0 bridgehead atoms. The van der Waals surface area contributed by atoms with Crippen LogP contribution in [0.3, 0.4) is 0 Å². The number of nitrogens with zero attached hydrogens (tertiary/aromatic N) is 4. The topological polar surface area (TPSA) is 39.2 Å². The van der Waals surface area contributed by atoms with E-state index in [0.717, 1.165) is 112 Å². The second-order valence-electron chi connectivity index (χ2n) is 18.9. The number of hydrogen-bond donors (Lipinski definition) is 0. The lowest BCUT2D eigenvalue weighted by Gasteiger charge is -2.44. The molecule has 15 rings (SSSR count). The van der Waals surface area contributed by atoms with Gasteiger partial charge in [0.05, 0.1) is 0 Å². The van der Waals surface area contributed by atoms with Gasteiger partial charge in [-0.1, -0.05) is 115 Å². The summed E-state index contributed by atoms with van der Waals surface area (Å²) in [4.78, 5) is 9.47. The highest BCUT2D eigenvalue weighted by Crippen LogP contribution is 2.48. The average molecular weight is 935 g/mol. The Balaban J connectivity index is 0.956. The second-order valence-corrected chi connectivity index (χ2v) is 18.9. The van der Waals surface area contributed by atoms with Crippen LogP contribution < -0.4 is 36.0 Å². The van der Waals surface area contributed by atoms with Crippen LogP contribution in [0.1, 0.15) is 0 Å². The Morgan fingerprint density at radius 1 is 0.274 bits per heavy atom. The van der Waals surface area contributed by atoms with Crippen LogP contribution >= 0.6 is 0 Å². The van der Waals surface area contributed by atoms with Crippen LogP contribution in [0.2, 0.25) is 0 Å². The summed E-state index contributed by atoms with van der Waals surface area (Å²) in [6.45, 7) is -0.157. The van der Waals surface area contributed by atoms with Gasteiger partial charge in [0.15, 0.2) is 0 Å². The van der Waals surface area contributed by atoms with Crippen molar-refractivity contribution in [3.8, 4) is 0 Å². The van der Waals surface area contributed by atoms with E-state index in [2.05, 4.69) is 280 Å².